The highest BCUT2D eigenvalue weighted by Gasteiger charge is 1.81. The molecule has 0 aliphatic heterocycles. The predicted molar refractivity (Wildman–Crippen MR) is 48.6 cm³/mol. The van der Waals surface area contributed by atoms with Crippen LogP contribution < -0.4 is 0 Å². The molecule has 0 aromatic heterocycles. The normalized spacial score (nSPS) is 8.73. The van der Waals surface area contributed by atoms with Gasteiger partial charge in [0.15, 0.2) is 0 Å². The lowest BCUT2D eigenvalue weighted by molar-refractivity contribution is 0.257. The van der Waals surface area contributed by atoms with Gasteiger partial charge in [-0.2, -0.15) is 0 Å². The summed E-state index contributed by atoms with van der Waals surface area (Å²) >= 11 is 0. The van der Waals surface area contributed by atoms with Crippen molar-refractivity contribution >= 4 is 0 Å². The van der Waals surface area contributed by atoms with Crippen LogP contribution in [0.5, 0.6) is 0 Å². The van der Waals surface area contributed by atoms with Crippen LogP contribution in [-0.2, 0) is 0 Å². The molecule has 0 rings (SSSR count). The van der Waals surface area contributed by atoms with Crippen molar-refractivity contribution in [2.45, 2.75) is 46.0 Å². The molecule has 0 amide bonds. The van der Waals surface area contributed by atoms with Crippen LogP contribution in [0.25, 0.3) is 0 Å². The topological polar surface area (TPSA) is 40.5 Å². The zero-order chi connectivity index (χ0) is 8.95. The van der Waals surface area contributed by atoms with Gasteiger partial charge >= 0.3 is 0 Å². The molecule has 0 saturated carbocycles. The Kier molecular flexibility index (Phi) is 20.2. The van der Waals surface area contributed by atoms with Crippen molar-refractivity contribution in [3.8, 4) is 0 Å². The van der Waals surface area contributed by atoms with Crippen molar-refractivity contribution < 1.29 is 10.2 Å². The summed E-state index contributed by atoms with van der Waals surface area (Å²) in [6.07, 6.45) is 5.22. The van der Waals surface area contributed by atoms with Crippen molar-refractivity contribution in [1.82, 2.24) is 0 Å². The lowest BCUT2D eigenvalue weighted by atomic mass is 10.2. The van der Waals surface area contributed by atoms with E-state index in [1.165, 1.54) is 12.8 Å². The number of rotatable bonds is 5. The Morgan fingerprint density at radius 1 is 0.727 bits per heavy atom. The summed E-state index contributed by atoms with van der Waals surface area (Å²) in [5, 5.41) is 16.4. The minimum absolute atomic E-state index is 0.250. The van der Waals surface area contributed by atoms with E-state index in [0.717, 1.165) is 19.3 Å². The summed E-state index contributed by atoms with van der Waals surface area (Å²) in [7, 11) is 0. The molecule has 0 saturated heterocycles. The molecule has 0 aliphatic rings. The third-order valence-electron chi connectivity index (χ3n) is 1.32. The number of aliphatic hydroxyl groups is 2. The average molecular weight is 162 g/mol. The van der Waals surface area contributed by atoms with Gasteiger partial charge in [-0.1, -0.05) is 26.7 Å². The summed E-state index contributed by atoms with van der Waals surface area (Å²) in [6.45, 7) is 4.86. The van der Waals surface area contributed by atoms with Gasteiger partial charge in [-0.15, -0.1) is 0 Å². The molecule has 0 bridgehead atoms. The van der Waals surface area contributed by atoms with Crippen molar-refractivity contribution in [2.24, 2.45) is 0 Å². The van der Waals surface area contributed by atoms with Crippen LogP contribution in [0, 0.1) is 0 Å². The standard InChI is InChI=1S/C5H12O2.C4H10/c6-4-2-1-3-5-7;1-3-4-2/h6-7H,1-5H2;3-4H2,1-2H3. The van der Waals surface area contributed by atoms with Crippen molar-refractivity contribution in [1.29, 1.82) is 0 Å². The quantitative estimate of drug-likeness (QED) is 0.607. The molecule has 0 fully saturated rings. The summed E-state index contributed by atoms with van der Waals surface area (Å²) in [6, 6.07) is 0. The minimum atomic E-state index is 0.250. The van der Waals surface area contributed by atoms with Crippen molar-refractivity contribution in [3.05, 3.63) is 0 Å². The Morgan fingerprint density at radius 3 is 1.27 bits per heavy atom. The van der Waals surface area contributed by atoms with E-state index in [-0.39, 0.29) is 13.2 Å². The Labute approximate surface area is 70.3 Å². The molecule has 0 aromatic rings. The van der Waals surface area contributed by atoms with E-state index in [1.54, 1.807) is 0 Å². The highest BCUT2D eigenvalue weighted by Crippen LogP contribution is 1.90. The van der Waals surface area contributed by atoms with Gasteiger partial charge in [0.25, 0.3) is 0 Å². The molecule has 2 heteroatoms. The lowest BCUT2D eigenvalue weighted by Crippen LogP contribution is -1.85. The first-order chi connectivity index (χ1) is 5.33. The third kappa shape index (κ3) is 25.7. The van der Waals surface area contributed by atoms with Crippen LogP contribution in [0.15, 0.2) is 0 Å². The summed E-state index contributed by atoms with van der Waals surface area (Å²) in [5.41, 5.74) is 0. The molecule has 0 atom stereocenters. The molecule has 0 aromatic carbocycles. The van der Waals surface area contributed by atoms with Gasteiger partial charge in [0.05, 0.1) is 0 Å². The van der Waals surface area contributed by atoms with E-state index >= 15 is 0 Å². The molecule has 11 heavy (non-hydrogen) atoms. The maximum atomic E-state index is 8.21. The third-order valence-corrected chi connectivity index (χ3v) is 1.32. The van der Waals surface area contributed by atoms with E-state index in [0.29, 0.717) is 0 Å². The fraction of sp³-hybridized carbons (Fsp3) is 1.00. The maximum absolute atomic E-state index is 8.21. The van der Waals surface area contributed by atoms with Gasteiger partial charge in [-0.05, 0) is 19.3 Å². The molecule has 0 heterocycles. The van der Waals surface area contributed by atoms with E-state index in [1.807, 2.05) is 0 Å². The molecular weight excluding hydrogens is 140 g/mol. The summed E-state index contributed by atoms with van der Waals surface area (Å²) in [5.74, 6) is 0. The smallest absolute Gasteiger partial charge is 0.0431 e. The van der Waals surface area contributed by atoms with Gasteiger partial charge < -0.3 is 10.2 Å². The largest absolute Gasteiger partial charge is 0.396 e. The Morgan fingerprint density at radius 2 is 1.09 bits per heavy atom. The van der Waals surface area contributed by atoms with Gasteiger partial charge in [0, 0.05) is 13.2 Å². The maximum Gasteiger partial charge on any atom is 0.0431 e. The Bertz CT molecular complexity index is 40.8. The first-order valence-electron chi connectivity index (χ1n) is 4.55. The number of unbranched alkanes of at least 4 members (excludes halogenated alkanes) is 3. The van der Waals surface area contributed by atoms with Crippen LogP contribution in [0.3, 0.4) is 0 Å². The zero-order valence-corrected chi connectivity index (χ0v) is 7.84. The SMILES string of the molecule is CCCC.OCCCCCO. The second-order valence-corrected chi connectivity index (χ2v) is 2.51. The Hall–Kier alpha value is -0.0800. The second-order valence-electron chi connectivity index (χ2n) is 2.51. The Balaban J connectivity index is 0. The van der Waals surface area contributed by atoms with Crippen LogP contribution in [-0.4, -0.2) is 23.4 Å². The average Bonchev–Trinajstić information content (AvgIpc) is 2.06. The molecule has 0 radical (unpaired) electrons. The monoisotopic (exact) mass is 162 g/mol. The van der Waals surface area contributed by atoms with E-state index in [9.17, 15) is 0 Å². The zero-order valence-electron chi connectivity index (χ0n) is 7.84. The van der Waals surface area contributed by atoms with Crippen LogP contribution >= 0.6 is 0 Å². The molecule has 0 aliphatic carbocycles. The molecular formula is C9H22O2. The van der Waals surface area contributed by atoms with Gasteiger partial charge in [-0.3, -0.25) is 0 Å². The van der Waals surface area contributed by atoms with Crippen molar-refractivity contribution in [3.63, 3.8) is 0 Å². The number of hydrogen-bond acceptors (Lipinski definition) is 2. The van der Waals surface area contributed by atoms with E-state index in [4.69, 9.17) is 10.2 Å². The second kappa shape index (κ2) is 16.5. The van der Waals surface area contributed by atoms with Gasteiger partial charge in [0.1, 0.15) is 0 Å². The molecule has 0 unspecified atom stereocenters. The van der Waals surface area contributed by atoms with Crippen LogP contribution in [0.2, 0.25) is 0 Å². The van der Waals surface area contributed by atoms with Crippen LogP contribution in [0.4, 0.5) is 0 Å². The molecule has 2 nitrogen and oxygen atoms in total. The summed E-state index contributed by atoms with van der Waals surface area (Å²) in [4.78, 5) is 0. The number of aliphatic hydroxyl groups excluding tert-OH is 2. The highest BCUT2D eigenvalue weighted by molar-refractivity contribution is 4.35. The van der Waals surface area contributed by atoms with Gasteiger partial charge in [-0.25, -0.2) is 0 Å². The van der Waals surface area contributed by atoms with Crippen LogP contribution in [0.1, 0.15) is 46.0 Å². The van der Waals surface area contributed by atoms with E-state index < -0.39 is 0 Å². The first kappa shape index (κ1) is 13.5. The van der Waals surface area contributed by atoms with Crippen molar-refractivity contribution in [2.75, 3.05) is 13.2 Å². The molecule has 2 N–H and O–H groups in total. The lowest BCUT2D eigenvalue weighted by Gasteiger charge is -1.90. The first-order valence-corrected chi connectivity index (χ1v) is 4.55. The fourth-order valence-corrected chi connectivity index (χ4v) is 0.400. The highest BCUT2D eigenvalue weighted by atomic mass is 16.3. The minimum Gasteiger partial charge on any atom is -0.396 e. The molecule has 0 spiro atoms. The fourth-order valence-electron chi connectivity index (χ4n) is 0.400. The van der Waals surface area contributed by atoms with Gasteiger partial charge in [0.2, 0.25) is 0 Å². The number of hydrogen-bond donors (Lipinski definition) is 2. The summed E-state index contributed by atoms with van der Waals surface area (Å²) < 4.78 is 0. The van der Waals surface area contributed by atoms with E-state index in [2.05, 4.69) is 13.8 Å². The molecule has 70 valence electrons. The predicted octanol–water partition coefficient (Wildman–Crippen LogP) is 1.95.